The molecule has 0 aliphatic heterocycles. The summed E-state index contributed by atoms with van der Waals surface area (Å²) >= 11 is 11.7. The minimum atomic E-state index is -0.401. The van der Waals surface area contributed by atoms with Gasteiger partial charge in [0, 0.05) is 5.02 Å². The van der Waals surface area contributed by atoms with Gasteiger partial charge in [0.2, 0.25) is 0 Å². The average molecular weight is 286 g/mol. The van der Waals surface area contributed by atoms with E-state index in [2.05, 4.69) is 26.0 Å². The number of aromatic nitrogens is 3. The number of benzene rings is 1. The molecule has 0 radical (unpaired) electrons. The molecule has 0 bridgehead atoms. The third-order valence-corrected chi connectivity index (χ3v) is 2.64. The molecule has 3 N–H and O–H groups in total. The summed E-state index contributed by atoms with van der Waals surface area (Å²) in [4.78, 5) is 11.6. The van der Waals surface area contributed by atoms with E-state index in [1.165, 1.54) is 6.20 Å². The molecule has 2 amide bonds. The average Bonchev–Trinajstić information content (AvgIpc) is 2.84. The van der Waals surface area contributed by atoms with Crippen LogP contribution in [0.25, 0.3) is 0 Å². The largest absolute Gasteiger partial charge is 0.332 e. The van der Waals surface area contributed by atoms with Crippen molar-refractivity contribution in [3.63, 3.8) is 0 Å². The summed E-state index contributed by atoms with van der Waals surface area (Å²) in [6.45, 7) is 0.264. The highest BCUT2D eigenvalue weighted by molar-refractivity contribution is 6.35. The predicted molar refractivity (Wildman–Crippen MR) is 68.7 cm³/mol. The molecule has 2 rings (SSSR count). The van der Waals surface area contributed by atoms with E-state index in [0.29, 0.717) is 21.4 Å². The number of amides is 2. The van der Waals surface area contributed by atoms with Crippen LogP contribution in [0.3, 0.4) is 0 Å². The Labute approximate surface area is 113 Å². The van der Waals surface area contributed by atoms with Crippen LogP contribution in [-0.4, -0.2) is 21.4 Å². The van der Waals surface area contributed by atoms with Gasteiger partial charge in [0.15, 0.2) is 0 Å². The van der Waals surface area contributed by atoms with E-state index in [4.69, 9.17) is 23.2 Å². The zero-order valence-electron chi connectivity index (χ0n) is 9.08. The lowest BCUT2D eigenvalue weighted by Crippen LogP contribution is -2.28. The van der Waals surface area contributed by atoms with E-state index in [1.807, 2.05) is 0 Å². The quantitative estimate of drug-likeness (QED) is 0.810. The Hall–Kier alpha value is -1.79. The molecule has 8 heteroatoms. The molecule has 0 aliphatic carbocycles. The highest BCUT2D eigenvalue weighted by atomic mass is 35.5. The summed E-state index contributed by atoms with van der Waals surface area (Å²) in [7, 11) is 0. The highest BCUT2D eigenvalue weighted by Crippen LogP contribution is 2.25. The first-order valence-electron chi connectivity index (χ1n) is 4.99. The van der Waals surface area contributed by atoms with Crippen LogP contribution >= 0.6 is 23.2 Å². The van der Waals surface area contributed by atoms with E-state index in [-0.39, 0.29) is 6.54 Å². The first-order chi connectivity index (χ1) is 8.65. The Morgan fingerprint density at radius 3 is 2.94 bits per heavy atom. The molecule has 0 atom stereocenters. The van der Waals surface area contributed by atoms with E-state index in [9.17, 15) is 4.79 Å². The number of anilines is 1. The number of aromatic amines is 1. The lowest BCUT2D eigenvalue weighted by molar-refractivity contribution is 0.251. The number of nitrogens with zero attached hydrogens (tertiary/aromatic N) is 2. The molecule has 0 spiro atoms. The Kier molecular flexibility index (Phi) is 4.01. The van der Waals surface area contributed by atoms with Crippen molar-refractivity contribution in [2.45, 2.75) is 6.54 Å². The number of halogens is 2. The Balaban J connectivity index is 1.92. The maximum atomic E-state index is 11.6. The van der Waals surface area contributed by atoms with Crippen LogP contribution in [0.5, 0.6) is 0 Å². The van der Waals surface area contributed by atoms with Crippen molar-refractivity contribution in [1.29, 1.82) is 0 Å². The highest BCUT2D eigenvalue weighted by Gasteiger charge is 2.06. The van der Waals surface area contributed by atoms with Gasteiger partial charge in [0.05, 0.1) is 23.5 Å². The third kappa shape index (κ3) is 3.35. The summed E-state index contributed by atoms with van der Waals surface area (Å²) in [5.41, 5.74) is 1.07. The van der Waals surface area contributed by atoms with Crippen molar-refractivity contribution in [3.8, 4) is 0 Å². The molecule has 1 aromatic heterocycles. The summed E-state index contributed by atoms with van der Waals surface area (Å²) in [5.74, 6) is 0. The smallest absolute Gasteiger partial charge is 0.319 e. The molecule has 0 saturated heterocycles. The number of hydrogen-bond acceptors (Lipinski definition) is 3. The second kappa shape index (κ2) is 5.70. The van der Waals surface area contributed by atoms with Crippen molar-refractivity contribution in [1.82, 2.24) is 20.7 Å². The van der Waals surface area contributed by atoms with Gasteiger partial charge in [-0.25, -0.2) is 4.79 Å². The second-order valence-electron chi connectivity index (χ2n) is 3.39. The molecule has 94 valence electrons. The van der Waals surface area contributed by atoms with Crippen molar-refractivity contribution >= 4 is 34.9 Å². The van der Waals surface area contributed by atoms with Crippen LogP contribution in [0.1, 0.15) is 5.69 Å². The van der Waals surface area contributed by atoms with Crippen LogP contribution in [0.2, 0.25) is 10.0 Å². The lowest BCUT2D eigenvalue weighted by Gasteiger charge is -2.08. The second-order valence-corrected chi connectivity index (χ2v) is 4.24. The van der Waals surface area contributed by atoms with E-state index in [1.54, 1.807) is 18.2 Å². The van der Waals surface area contributed by atoms with Gasteiger partial charge in [0.25, 0.3) is 0 Å². The maximum Gasteiger partial charge on any atom is 0.319 e. The normalized spacial score (nSPS) is 10.1. The fourth-order valence-electron chi connectivity index (χ4n) is 1.24. The first kappa shape index (κ1) is 12.7. The fraction of sp³-hybridized carbons (Fsp3) is 0.100. The van der Waals surface area contributed by atoms with Crippen LogP contribution in [0, 0.1) is 0 Å². The van der Waals surface area contributed by atoms with E-state index in [0.717, 1.165) is 0 Å². The molecular formula is C10H9Cl2N5O. The van der Waals surface area contributed by atoms with Crippen molar-refractivity contribution in [2.75, 3.05) is 5.32 Å². The number of nitrogens with one attached hydrogen (secondary N) is 3. The molecular weight excluding hydrogens is 277 g/mol. The Morgan fingerprint density at radius 1 is 1.39 bits per heavy atom. The number of carbonyl (C=O) groups excluding carboxylic acids is 1. The minimum absolute atomic E-state index is 0.264. The third-order valence-electron chi connectivity index (χ3n) is 2.07. The van der Waals surface area contributed by atoms with Crippen molar-refractivity contribution in [3.05, 3.63) is 40.1 Å². The SMILES string of the molecule is O=C(NCc1cn[nH]n1)Nc1cc(Cl)ccc1Cl. The van der Waals surface area contributed by atoms with Gasteiger partial charge in [-0.15, -0.1) is 0 Å². The standard InChI is InChI=1S/C10H9Cl2N5O/c11-6-1-2-8(12)9(3-6)15-10(18)13-4-7-5-14-17-16-7/h1-3,5H,4H2,(H2,13,15,18)(H,14,16,17). The number of hydrogen-bond donors (Lipinski definition) is 3. The Bertz CT molecular complexity index is 543. The van der Waals surface area contributed by atoms with Gasteiger partial charge in [-0.05, 0) is 18.2 Å². The molecule has 1 heterocycles. The zero-order valence-corrected chi connectivity index (χ0v) is 10.6. The number of carbonyl (C=O) groups is 1. The van der Waals surface area contributed by atoms with Crippen LogP contribution < -0.4 is 10.6 Å². The van der Waals surface area contributed by atoms with Gasteiger partial charge in [-0.3, -0.25) is 0 Å². The van der Waals surface area contributed by atoms with E-state index >= 15 is 0 Å². The topological polar surface area (TPSA) is 82.7 Å². The van der Waals surface area contributed by atoms with Crippen LogP contribution in [-0.2, 0) is 6.54 Å². The molecule has 2 aromatic rings. The monoisotopic (exact) mass is 285 g/mol. The number of rotatable bonds is 3. The summed E-state index contributed by atoms with van der Waals surface area (Å²) in [6.07, 6.45) is 1.52. The maximum absolute atomic E-state index is 11.6. The Morgan fingerprint density at radius 2 is 2.22 bits per heavy atom. The van der Waals surface area contributed by atoms with Gasteiger partial charge < -0.3 is 10.6 Å². The van der Waals surface area contributed by atoms with Crippen molar-refractivity contribution in [2.24, 2.45) is 0 Å². The van der Waals surface area contributed by atoms with Crippen molar-refractivity contribution < 1.29 is 4.79 Å². The van der Waals surface area contributed by atoms with Gasteiger partial charge in [0.1, 0.15) is 5.69 Å². The first-order valence-corrected chi connectivity index (χ1v) is 5.75. The van der Waals surface area contributed by atoms with Gasteiger partial charge in [-0.1, -0.05) is 23.2 Å². The zero-order chi connectivity index (χ0) is 13.0. The minimum Gasteiger partial charge on any atom is -0.332 e. The molecule has 0 aliphatic rings. The van der Waals surface area contributed by atoms with Crippen LogP contribution in [0.15, 0.2) is 24.4 Å². The lowest BCUT2D eigenvalue weighted by atomic mass is 10.3. The van der Waals surface area contributed by atoms with Crippen LogP contribution in [0.4, 0.5) is 10.5 Å². The molecule has 1 aromatic carbocycles. The summed E-state index contributed by atoms with van der Waals surface area (Å²) in [6, 6.07) is 4.42. The number of H-pyrrole nitrogens is 1. The predicted octanol–water partition coefficient (Wildman–Crippen LogP) is 2.43. The molecule has 6 nitrogen and oxygen atoms in total. The van der Waals surface area contributed by atoms with Gasteiger partial charge >= 0.3 is 6.03 Å². The van der Waals surface area contributed by atoms with Gasteiger partial charge in [-0.2, -0.15) is 15.4 Å². The number of urea groups is 1. The summed E-state index contributed by atoms with van der Waals surface area (Å²) < 4.78 is 0. The molecule has 0 fully saturated rings. The van der Waals surface area contributed by atoms with E-state index < -0.39 is 6.03 Å². The molecule has 0 unspecified atom stereocenters. The molecule has 0 saturated carbocycles. The fourth-order valence-corrected chi connectivity index (χ4v) is 1.58. The molecule has 18 heavy (non-hydrogen) atoms. The summed E-state index contributed by atoms with van der Waals surface area (Å²) in [5, 5.41) is 16.0.